The fourth-order valence-electron chi connectivity index (χ4n) is 3.52. The topological polar surface area (TPSA) is 82.6 Å². The van der Waals surface area contributed by atoms with Gasteiger partial charge in [-0.3, -0.25) is 4.79 Å². The number of hydrogen-bond acceptors (Lipinski definition) is 6. The van der Waals surface area contributed by atoms with Crippen LogP contribution in [0.25, 0.3) is 10.2 Å². The molecular formula is C21H24N4O3S2. The van der Waals surface area contributed by atoms with E-state index < -0.39 is 16.1 Å². The van der Waals surface area contributed by atoms with Crippen molar-refractivity contribution in [2.24, 2.45) is 0 Å². The Balaban J connectivity index is 1.33. The van der Waals surface area contributed by atoms with E-state index in [4.69, 9.17) is 0 Å². The molecular weight excluding hydrogens is 420 g/mol. The SMILES string of the molecule is CC(Nc1nc2ccccc2s1)C(=O)N1CCN(S(=O)(=O)Cc2ccccc2)CC1. The van der Waals surface area contributed by atoms with Gasteiger partial charge < -0.3 is 10.2 Å². The summed E-state index contributed by atoms with van der Waals surface area (Å²) in [6.07, 6.45) is 0. The van der Waals surface area contributed by atoms with Gasteiger partial charge in [-0.25, -0.2) is 13.4 Å². The fraction of sp³-hybridized carbons (Fsp3) is 0.333. The zero-order valence-electron chi connectivity index (χ0n) is 16.7. The van der Waals surface area contributed by atoms with Crippen LogP contribution in [0.2, 0.25) is 0 Å². The van der Waals surface area contributed by atoms with E-state index in [-0.39, 0.29) is 11.7 Å². The second kappa shape index (κ2) is 8.71. The van der Waals surface area contributed by atoms with Gasteiger partial charge in [-0.15, -0.1) is 0 Å². The highest BCUT2D eigenvalue weighted by Crippen LogP contribution is 2.26. The van der Waals surface area contributed by atoms with Gasteiger partial charge in [0.2, 0.25) is 15.9 Å². The molecule has 9 heteroatoms. The number of aromatic nitrogens is 1. The number of nitrogens with one attached hydrogen (secondary N) is 1. The van der Waals surface area contributed by atoms with Crippen LogP contribution in [-0.4, -0.2) is 60.7 Å². The molecule has 1 aliphatic heterocycles. The Morgan fingerprint density at radius 3 is 2.43 bits per heavy atom. The number of thiazole rings is 1. The molecule has 1 saturated heterocycles. The van der Waals surface area contributed by atoms with Crippen LogP contribution in [0.5, 0.6) is 0 Å². The molecule has 1 N–H and O–H groups in total. The zero-order chi connectivity index (χ0) is 21.1. The van der Waals surface area contributed by atoms with Crippen molar-refractivity contribution in [1.82, 2.24) is 14.2 Å². The van der Waals surface area contributed by atoms with Gasteiger partial charge in [0, 0.05) is 26.2 Å². The molecule has 1 atom stereocenters. The monoisotopic (exact) mass is 444 g/mol. The molecule has 1 amide bonds. The lowest BCUT2D eigenvalue weighted by molar-refractivity contribution is -0.132. The van der Waals surface area contributed by atoms with Crippen molar-refractivity contribution in [1.29, 1.82) is 0 Å². The van der Waals surface area contributed by atoms with Gasteiger partial charge >= 0.3 is 0 Å². The summed E-state index contributed by atoms with van der Waals surface area (Å²) >= 11 is 1.51. The largest absolute Gasteiger partial charge is 0.350 e. The van der Waals surface area contributed by atoms with Gasteiger partial charge in [0.25, 0.3) is 0 Å². The molecule has 2 aromatic carbocycles. The summed E-state index contributed by atoms with van der Waals surface area (Å²) in [5, 5.41) is 3.90. The van der Waals surface area contributed by atoms with E-state index in [2.05, 4.69) is 10.3 Å². The van der Waals surface area contributed by atoms with Crippen molar-refractivity contribution < 1.29 is 13.2 Å². The Labute approximate surface area is 180 Å². The summed E-state index contributed by atoms with van der Waals surface area (Å²) < 4.78 is 27.9. The summed E-state index contributed by atoms with van der Waals surface area (Å²) in [6.45, 7) is 3.22. The molecule has 4 rings (SSSR count). The van der Waals surface area contributed by atoms with Crippen molar-refractivity contribution in [2.45, 2.75) is 18.7 Å². The van der Waals surface area contributed by atoms with Crippen LogP contribution in [0.15, 0.2) is 54.6 Å². The molecule has 0 radical (unpaired) electrons. The van der Waals surface area contributed by atoms with Gasteiger partial charge in [-0.05, 0) is 24.6 Å². The van der Waals surface area contributed by atoms with Gasteiger partial charge in [0.15, 0.2) is 5.13 Å². The minimum Gasteiger partial charge on any atom is -0.350 e. The minimum absolute atomic E-state index is 0.0165. The molecule has 2 heterocycles. The molecule has 30 heavy (non-hydrogen) atoms. The predicted octanol–water partition coefficient (Wildman–Crippen LogP) is 2.77. The number of rotatable bonds is 6. The average molecular weight is 445 g/mol. The molecule has 0 saturated carbocycles. The van der Waals surface area contributed by atoms with Crippen LogP contribution in [-0.2, 0) is 20.6 Å². The molecule has 0 aliphatic carbocycles. The molecule has 1 aromatic heterocycles. The lowest BCUT2D eigenvalue weighted by Gasteiger charge is -2.35. The first-order valence-corrected chi connectivity index (χ1v) is 12.3. The Morgan fingerprint density at radius 1 is 1.07 bits per heavy atom. The van der Waals surface area contributed by atoms with Crippen LogP contribution in [0.3, 0.4) is 0 Å². The standard InChI is InChI=1S/C21H24N4O3S2/c1-16(22-21-23-18-9-5-6-10-19(18)29-21)20(26)24-11-13-25(14-12-24)30(27,28)15-17-7-3-2-4-8-17/h2-10,16H,11-15H2,1H3,(H,22,23). The number of anilines is 1. The van der Waals surface area contributed by atoms with E-state index >= 15 is 0 Å². The molecule has 158 valence electrons. The Hall–Kier alpha value is -2.49. The van der Waals surface area contributed by atoms with Crippen molar-refractivity contribution in [3.63, 3.8) is 0 Å². The highest BCUT2D eigenvalue weighted by atomic mass is 32.2. The van der Waals surface area contributed by atoms with Crippen molar-refractivity contribution >= 4 is 42.6 Å². The maximum atomic E-state index is 12.8. The number of carbonyl (C=O) groups is 1. The average Bonchev–Trinajstić information content (AvgIpc) is 3.16. The third-order valence-corrected chi connectivity index (χ3v) is 7.96. The number of fused-ring (bicyclic) bond motifs is 1. The predicted molar refractivity (Wildman–Crippen MR) is 120 cm³/mol. The maximum absolute atomic E-state index is 12.8. The molecule has 1 aliphatic rings. The number of amides is 1. The van der Waals surface area contributed by atoms with Crippen molar-refractivity contribution in [3.8, 4) is 0 Å². The van der Waals surface area contributed by atoms with E-state index in [0.29, 0.717) is 31.3 Å². The van der Waals surface area contributed by atoms with E-state index in [9.17, 15) is 13.2 Å². The first kappa shape index (κ1) is 20.8. The third kappa shape index (κ3) is 4.63. The fourth-order valence-corrected chi connectivity index (χ4v) is 5.99. The van der Waals surface area contributed by atoms with Gasteiger partial charge in [-0.1, -0.05) is 53.8 Å². The number of hydrogen-bond donors (Lipinski definition) is 1. The molecule has 1 fully saturated rings. The summed E-state index contributed by atoms with van der Waals surface area (Å²) in [6, 6.07) is 16.6. The van der Waals surface area contributed by atoms with Gasteiger partial charge in [-0.2, -0.15) is 4.31 Å². The van der Waals surface area contributed by atoms with Gasteiger partial charge in [0.05, 0.1) is 16.0 Å². The number of carbonyl (C=O) groups excluding carboxylic acids is 1. The molecule has 3 aromatic rings. The number of nitrogens with zero attached hydrogens (tertiary/aromatic N) is 3. The van der Waals surface area contributed by atoms with Crippen LogP contribution in [0.4, 0.5) is 5.13 Å². The maximum Gasteiger partial charge on any atom is 0.244 e. The van der Waals surface area contributed by atoms with Crippen molar-refractivity contribution in [3.05, 3.63) is 60.2 Å². The number of piperazine rings is 1. The van der Waals surface area contributed by atoms with Crippen LogP contribution in [0.1, 0.15) is 12.5 Å². The smallest absolute Gasteiger partial charge is 0.244 e. The molecule has 0 bridgehead atoms. The molecule has 1 unspecified atom stereocenters. The first-order chi connectivity index (χ1) is 14.4. The molecule has 0 spiro atoms. The Morgan fingerprint density at radius 2 is 1.73 bits per heavy atom. The quantitative estimate of drug-likeness (QED) is 0.632. The second-order valence-corrected chi connectivity index (χ2v) is 10.3. The zero-order valence-corrected chi connectivity index (χ0v) is 18.3. The van der Waals surface area contributed by atoms with Crippen LogP contribution >= 0.6 is 11.3 Å². The Kier molecular flexibility index (Phi) is 6.03. The minimum atomic E-state index is -3.40. The van der Waals surface area contributed by atoms with E-state index in [1.807, 2.05) is 61.5 Å². The van der Waals surface area contributed by atoms with Gasteiger partial charge in [0.1, 0.15) is 6.04 Å². The van der Waals surface area contributed by atoms with Crippen LogP contribution < -0.4 is 5.32 Å². The number of para-hydroxylation sites is 1. The summed E-state index contributed by atoms with van der Waals surface area (Å²) in [5.41, 5.74) is 1.67. The second-order valence-electron chi connectivity index (χ2n) is 7.32. The van der Waals surface area contributed by atoms with Crippen LogP contribution in [0, 0.1) is 0 Å². The molecule has 7 nitrogen and oxygen atoms in total. The van der Waals surface area contributed by atoms with E-state index in [1.165, 1.54) is 15.6 Å². The normalized spacial score (nSPS) is 16.5. The Bertz CT molecular complexity index is 1090. The number of benzene rings is 2. The summed E-state index contributed by atoms with van der Waals surface area (Å²) in [5.74, 6) is -0.0634. The highest BCUT2D eigenvalue weighted by Gasteiger charge is 2.30. The first-order valence-electron chi connectivity index (χ1n) is 9.85. The van der Waals surface area contributed by atoms with E-state index in [1.54, 1.807) is 4.90 Å². The lowest BCUT2D eigenvalue weighted by atomic mass is 10.2. The lowest BCUT2D eigenvalue weighted by Crippen LogP contribution is -2.53. The third-order valence-electron chi connectivity index (χ3n) is 5.14. The number of sulfonamides is 1. The summed E-state index contributed by atoms with van der Waals surface area (Å²) in [7, 11) is -3.40. The van der Waals surface area contributed by atoms with Crippen molar-refractivity contribution in [2.75, 3.05) is 31.5 Å². The highest BCUT2D eigenvalue weighted by molar-refractivity contribution is 7.88. The van der Waals surface area contributed by atoms with E-state index in [0.717, 1.165) is 15.8 Å². The summed E-state index contributed by atoms with van der Waals surface area (Å²) in [4.78, 5) is 19.1.